The number of carbonyl (C=O) groups is 1. The lowest BCUT2D eigenvalue weighted by Gasteiger charge is -2.11. The molecule has 0 spiro atoms. The first-order chi connectivity index (χ1) is 5.15. The summed E-state index contributed by atoms with van der Waals surface area (Å²) in [4.78, 5) is 12.8. The smallest absolute Gasteiger partial charge is 0.410 e. The summed E-state index contributed by atoms with van der Waals surface area (Å²) in [5.74, 6) is 0.426. The van der Waals surface area contributed by atoms with Crippen molar-refractivity contribution in [2.45, 2.75) is 26.9 Å². The van der Waals surface area contributed by atoms with Gasteiger partial charge in [-0.1, -0.05) is 13.8 Å². The van der Waals surface area contributed by atoms with Crippen LogP contribution in [0.25, 0.3) is 0 Å². The van der Waals surface area contributed by atoms with Crippen LogP contribution in [0.1, 0.15) is 20.8 Å². The number of likely N-dealkylation sites (N-methyl/N-ethyl adjacent to an activating group) is 1. The number of cyclic esters (lactones) is 1. The van der Waals surface area contributed by atoms with Gasteiger partial charge in [0.2, 0.25) is 0 Å². The Morgan fingerprint density at radius 1 is 1.73 bits per heavy atom. The summed E-state index contributed by atoms with van der Waals surface area (Å²) < 4.78 is 5.11. The van der Waals surface area contributed by atoms with Crippen LogP contribution >= 0.6 is 0 Å². The summed E-state index contributed by atoms with van der Waals surface area (Å²) in [5, 5.41) is 0. The second kappa shape index (κ2) is 3.11. The topological polar surface area (TPSA) is 29.5 Å². The monoisotopic (exact) mass is 157 g/mol. The van der Waals surface area contributed by atoms with Crippen molar-refractivity contribution < 1.29 is 9.53 Å². The lowest BCUT2D eigenvalue weighted by Crippen LogP contribution is -2.25. The molecule has 0 saturated carbocycles. The molecule has 3 heteroatoms. The van der Waals surface area contributed by atoms with E-state index in [4.69, 9.17) is 4.74 Å². The van der Waals surface area contributed by atoms with Gasteiger partial charge in [0.15, 0.2) is 0 Å². The quantitative estimate of drug-likeness (QED) is 0.607. The highest BCUT2D eigenvalue weighted by Crippen LogP contribution is 2.16. The SMILES string of the molecule is CCN1CC(C(C)C)OC1=O. The predicted molar refractivity (Wildman–Crippen MR) is 42.4 cm³/mol. The zero-order valence-electron chi connectivity index (χ0n) is 7.33. The van der Waals surface area contributed by atoms with Crippen LogP contribution in [0, 0.1) is 5.92 Å². The lowest BCUT2D eigenvalue weighted by molar-refractivity contribution is 0.112. The van der Waals surface area contributed by atoms with Crippen molar-refractivity contribution in [3.8, 4) is 0 Å². The summed E-state index contributed by atoms with van der Waals surface area (Å²) in [6.45, 7) is 7.60. The molecule has 0 aromatic carbocycles. The average Bonchev–Trinajstić information content (AvgIpc) is 2.31. The number of hydrogen-bond acceptors (Lipinski definition) is 2. The molecule has 0 aromatic heterocycles. The Bertz CT molecular complexity index is 156. The van der Waals surface area contributed by atoms with Gasteiger partial charge in [-0.05, 0) is 12.8 Å². The maximum absolute atomic E-state index is 11.0. The molecule has 1 heterocycles. The normalized spacial score (nSPS) is 24.5. The van der Waals surface area contributed by atoms with Gasteiger partial charge in [0.05, 0.1) is 6.54 Å². The Morgan fingerprint density at radius 3 is 2.64 bits per heavy atom. The van der Waals surface area contributed by atoms with Gasteiger partial charge in [-0.2, -0.15) is 0 Å². The minimum absolute atomic E-state index is 0.0995. The molecular weight excluding hydrogens is 142 g/mol. The molecule has 1 rings (SSSR count). The molecule has 11 heavy (non-hydrogen) atoms. The first-order valence-corrected chi connectivity index (χ1v) is 4.10. The molecular formula is C8H15NO2. The van der Waals surface area contributed by atoms with Gasteiger partial charge < -0.3 is 9.64 Å². The van der Waals surface area contributed by atoms with Crippen LogP contribution in [0.5, 0.6) is 0 Å². The summed E-state index contributed by atoms with van der Waals surface area (Å²) >= 11 is 0. The van der Waals surface area contributed by atoms with Gasteiger partial charge in [0, 0.05) is 6.54 Å². The highest BCUT2D eigenvalue weighted by molar-refractivity contribution is 5.69. The summed E-state index contributed by atoms with van der Waals surface area (Å²) in [7, 11) is 0. The zero-order chi connectivity index (χ0) is 8.43. The van der Waals surface area contributed by atoms with Crippen molar-refractivity contribution in [2.24, 2.45) is 5.92 Å². The Hall–Kier alpha value is -0.730. The number of hydrogen-bond donors (Lipinski definition) is 0. The third-order valence-electron chi connectivity index (χ3n) is 2.04. The minimum Gasteiger partial charge on any atom is -0.444 e. The molecule has 0 aliphatic carbocycles. The molecule has 1 aliphatic heterocycles. The van der Waals surface area contributed by atoms with Crippen LogP contribution in [-0.4, -0.2) is 30.2 Å². The fourth-order valence-electron chi connectivity index (χ4n) is 1.14. The minimum atomic E-state index is -0.161. The van der Waals surface area contributed by atoms with E-state index < -0.39 is 0 Å². The molecule has 0 N–H and O–H groups in total. The van der Waals surface area contributed by atoms with Gasteiger partial charge in [0.25, 0.3) is 0 Å². The van der Waals surface area contributed by atoms with E-state index in [1.54, 1.807) is 4.90 Å². The van der Waals surface area contributed by atoms with Crippen LogP contribution in [-0.2, 0) is 4.74 Å². The average molecular weight is 157 g/mol. The first kappa shape index (κ1) is 8.37. The van der Waals surface area contributed by atoms with Crippen molar-refractivity contribution >= 4 is 6.09 Å². The van der Waals surface area contributed by atoms with Gasteiger partial charge in [0.1, 0.15) is 6.10 Å². The number of amides is 1. The molecule has 1 atom stereocenters. The van der Waals surface area contributed by atoms with Crippen LogP contribution in [0.4, 0.5) is 4.79 Å². The summed E-state index contributed by atoms with van der Waals surface area (Å²) in [5.41, 5.74) is 0. The molecule has 1 aliphatic rings. The van der Waals surface area contributed by atoms with E-state index in [0.717, 1.165) is 13.1 Å². The number of rotatable bonds is 2. The number of carbonyl (C=O) groups excluding carboxylic acids is 1. The van der Waals surface area contributed by atoms with Crippen LogP contribution < -0.4 is 0 Å². The maximum Gasteiger partial charge on any atom is 0.410 e. The fourth-order valence-corrected chi connectivity index (χ4v) is 1.14. The molecule has 0 aromatic rings. The van der Waals surface area contributed by atoms with Gasteiger partial charge in [-0.25, -0.2) is 4.79 Å². The predicted octanol–water partition coefficient (Wildman–Crippen LogP) is 1.48. The Morgan fingerprint density at radius 2 is 2.36 bits per heavy atom. The van der Waals surface area contributed by atoms with E-state index in [0.29, 0.717) is 5.92 Å². The second-order valence-corrected chi connectivity index (χ2v) is 3.20. The largest absolute Gasteiger partial charge is 0.444 e. The van der Waals surface area contributed by atoms with E-state index >= 15 is 0 Å². The highest BCUT2D eigenvalue weighted by atomic mass is 16.6. The molecule has 64 valence electrons. The Labute approximate surface area is 67.3 Å². The zero-order valence-corrected chi connectivity index (χ0v) is 7.33. The van der Waals surface area contributed by atoms with E-state index in [1.165, 1.54) is 0 Å². The third-order valence-corrected chi connectivity index (χ3v) is 2.04. The van der Waals surface area contributed by atoms with Crippen molar-refractivity contribution in [3.63, 3.8) is 0 Å². The number of ether oxygens (including phenoxy) is 1. The van der Waals surface area contributed by atoms with Crippen molar-refractivity contribution in [1.29, 1.82) is 0 Å². The molecule has 3 nitrogen and oxygen atoms in total. The molecule has 0 radical (unpaired) electrons. The van der Waals surface area contributed by atoms with E-state index in [9.17, 15) is 4.79 Å². The highest BCUT2D eigenvalue weighted by Gasteiger charge is 2.31. The molecule has 1 fully saturated rings. The summed E-state index contributed by atoms with van der Waals surface area (Å²) in [6.07, 6.45) is -0.0614. The second-order valence-electron chi connectivity index (χ2n) is 3.20. The van der Waals surface area contributed by atoms with Gasteiger partial charge in [-0.15, -0.1) is 0 Å². The Balaban J connectivity index is 2.49. The Kier molecular flexibility index (Phi) is 2.37. The van der Waals surface area contributed by atoms with Gasteiger partial charge in [-0.3, -0.25) is 0 Å². The van der Waals surface area contributed by atoms with E-state index in [1.807, 2.05) is 6.92 Å². The lowest BCUT2D eigenvalue weighted by atomic mass is 10.1. The first-order valence-electron chi connectivity index (χ1n) is 4.10. The molecule has 1 unspecified atom stereocenters. The van der Waals surface area contributed by atoms with Crippen LogP contribution in [0.3, 0.4) is 0 Å². The summed E-state index contributed by atoms with van der Waals surface area (Å²) in [6, 6.07) is 0. The maximum atomic E-state index is 11.0. The van der Waals surface area contributed by atoms with Gasteiger partial charge >= 0.3 is 6.09 Å². The van der Waals surface area contributed by atoms with Crippen LogP contribution in [0.2, 0.25) is 0 Å². The fraction of sp³-hybridized carbons (Fsp3) is 0.875. The molecule has 1 saturated heterocycles. The van der Waals surface area contributed by atoms with Crippen molar-refractivity contribution in [1.82, 2.24) is 4.90 Å². The van der Waals surface area contributed by atoms with Crippen LogP contribution in [0.15, 0.2) is 0 Å². The third kappa shape index (κ3) is 1.64. The standard InChI is InChI=1S/C8H15NO2/c1-4-9-5-7(6(2)3)11-8(9)10/h6-7H,4-5H2,1-3H3. The molecule has 0 bridgehead atoms. The molecule has 1 amide bonds. The van der Waals surface area contributed by atoms with Crippen molar-refractivity contribution in [3.05, 3.63) is 0 Å². The number of nitrogens with zero attached hydrogens (tertiary/aromatic N) is 1. The van der Waals surface area contributed by atoms with Crippen molar-refractivity contribution in [2.75, 3.05) is 13.1 Å². The van der Waals surface area contributed by atoms with E-state index in [-0.39, 0.29) is 12.2 Å². The van der Waals surface area contributed by atoms with E-state index in [2.05, 4.69) is 13.8 Å².